The van der Waals surface area contributed by atoms with Crippen LogP contribution in [0.5, 0.6) is 0 Å². The maximum Gasteiger partial charge on any atom is 0.224 e. The summed E-state index contributed by atoms with van der Waals surface area (Å²) in [5.41, 5.74) is 0. The van der Waals surface area contributed by atoms with Gasteiger partial charge in [-0.15, -0.1) is 12.4 Å². The highest BCUT2D eigenvalue weighted by atomic mass is 35.5. The monoisotopic (exact) mass is 248 g/mol. The van der Waals surface area contributed by atoms with Gasteiger partial charge in [0.1, 0.15) is 0 Å². The largest absolute Gasteiger partial charge is 0.381 e. The van der Waals surface area contributed by atoms with Gasteiger partial charge in [-0.3, -0.25) is 4.79 Å². The van der Waals surface area contributed by atoms with Crippen molar-refractivity contribution in [2.75, 3.05) is 26.3 Å². The number of carbonyl (C=O) groups is 1. The standard InChI is InChI=1S/C11H20N2O2.ClH/c14-11(9-2-1-5-12-8-9)13-10-3-6-15-7-4-10;/h9-10,12H,1-8H2,(H,13,14);1H/t9-;/m1./s1. The van der Waals surface area contributed by atoms with Gasteiger partial charge in [0.15, 0.2) is 0 Å². The van der Waals surface area contributed by atoms with E-state index in [2.05, 4.69) is 10.6 Å². The Balaban J connectivity index is 0.00000128. The van der Waals surface area contributed by atoms with Crippen LogP contribution in [0.4, 0.5) is 0 Å². The minimum absolute atomic E-state index is 0. The maximum absolute atomic E-state index is 11.9. The molecule has 2 aliphatic heterocycles. The van der Waals surface area contributed by atoms with Crippen molar-refractivity contribution in [3.63, 3.8) is 0 Å². The number of amides is 1. The highest BCUT2D eigenvalue weighted by Crippen LogP contribution is 2.12. The first-order valence-electron chi connectivity index (χ1n) is 5.95. The van der Waals surface area contributed by atoms with Crippen LogP contribution in [0.2, 0.25) is 0 Å². The molecule has 0 aliphatic carbocycles. The molecule has 1 amide bonds. The van der Waals surface area contributed by atoms with Gasteiger partial charge >= 0.3 is 0 Å². The molecule has 2 aliphatic rings. The van der Waals surface area contributed by atoms with Crippen LogP contribution < -0.4 is 10.6 Å². The van der Waals surface area contributed by atoms with E-state index in [1.54, 1.807) is 0 Å². The van der Waals surface area contributed by atoms with Gasteiger partial charge in [0.25, 0.3) is 0 Å². The lowest BCUT2D eigenvalue weighted by Crippen LogP contribution is -2.46. The van der Waals surface area contributed by atoms with Crippen molar-refractivity contribution >= 4 is 18.3 Å². The summed E-state index contributed by atoms with van der Waals surface area (Å²) in [6.45, 7) is 3.47. The molecule has 5 heteroatoms. The fourth-order valence-corrected chi connectivity index (χ4v) is 2.24. The molecule has 16 heavy (non-hydrogen) atoms. The number of halogens is 1. The third-order valence-electron chi connectivity index (χ3n) is 3.24. The summed E-state index contributed by atoms with van der Waals surface area (Å²) in [4.78, 5) is 11.9. The van der Waals surface area contributed by atoms with Crippen LogP contribution in [0.15, 0.2) is 0 Å². The summed E-state index contributed by atoms with van der Waals surface area (Å²) < 4.78 is 5.26. The van der Waals surface area contributed by atoms with Crippen LogP contribution in [0, 0.1) is 5.92 Å². The first-order chi connectivity index (χ1) is 7.36. The Bertz CT molecular complexity index is 214. The molecule has 4 nitrogen and oxygen atoms in total. The number of hydrogen-bond acceptors (Lipinski definition) is 3. The van der Waals surface area contributed by atoms with Gasteiger partial charge in [-0.1, -0.05) is 0 Å². The van der Waals surface area contributed by atoms with Crippen molar-refractivity contribution in [1.82, 2.24) is 10.6 Å². The third-order valence-corrected chi connectivity index (χ3v) is 3.24. The number of rotatable bonds is 2. The maximum atomic E-state index is 11.9. The molecule has 2 saturated heterocycles. The summed E-state index contributed by atoms with van der Waals surface area (Å²) in [6, 6.07) is 0.341. The van der Waals surface area contributed by atoms with Crippen LogP contribution in [0.25, 0.3) is 0 Å². The zero-order valence-corrected chi connectivity index (χ0v) is 10.4. The van der Waals surface area contributed by atoms with E-state index in [-0.39, 0.29) is 24.2 Å². The van der Waals surface area contributed by atoms with Crippen molar-refractivity contribution < 1.29 is 9.53 Å². The van der Waals surface area contributed by atoms with Gasteiger partial charge in [0.2, 0.25) is 5.91 Å². The normalized spacial score (nSPS) is 26.9. The van der Waals surface area contributed by atoms with Crippen molar-refractivity contribution in [3.05, 3.63) is 0 Å². The van der Waals surface area contributed by atoms with Crippen LogP contribution in [0.1, 0.15) is 25.7 Å². The van der Waals surface area contributed by atoms with Gasteiger partial charge in [-0.25, -0.2) is 0 Å². The predicted octanol–water partition coefficient (Wildman–Crippen LogP) is 0.703. The number of ether oxygens (including phenoxy) is 1. The average Bonchev–Trinajstić information content (AvgIpc) is 2.31. The number of carbonyl (C=O) groups excluding carboxylic acids is 1. The molecule has 0 saturated carbocycles. The molecule has 2 rings (SSSR count). The Morgan fingerprint density at radius 1 is 1.25 bits per heavy atom. The highest BCUT2D eigenvalue weighted by Gasteiger charge is 2.23. The van der Waals surface area contributed by atoms with Gasteiger partial charge in [0, 0.05) is 25.8 Å². The highest BCUT2D eigenvalue weighted by molar-refractivity contribution is 5.85. The van der Waals surface area contributed by atoms with Crippen molar-refractivity contribution in [2.45, 2.75) is 31.7 Å². The van der Waals surface area contributed by atoms with E-state index in [4.69, 9.17) is 4.74 Å². The first kappa shape index (κ1) is 13.7. The van der Waals surface area contributed by atoms with Gasteiger partial charge in [-0.05, 0) is 32.2 Å². The summed E-state index contributed by atoms with van der Waals surface area (Å²) in [5, 5.41) is 6.40. The Labute approximate surface area is 103 Å². The van der Waals surface area contributed by atoms with Gasteiger partial charge in [0.05, 0.1) is 5.92 Å². The molecule has 0 aromatic heterocycles. The second-order valence-corrected chi connectivity index (χ2v) is 4.44. The summed E-state index contributed by atoms with van der Waals surface area (Å²) in [6.07, 6.45) is 4.08. The van der Waals surface area contributed by atoms with Crippen LogP contribution >= 0.6 is 12.4 Å². The van der Waals surface area contributed by atoms with Crippen LogP contribution in [0.3, 0.4) is 0 Å². The van der Waals surface area contributed by atoms with E-state index < -0.39 is 0 Å². The van der Waals surface area contributed by atoms with Crippen molar-refractivity contribution in [1.29, 1.82) is 0 Å². The Kier molecular flexibility index (Phi) is 6.09. The van der Waals surface area contributed by atoms with Gasteiger partial charge in [-0.2, -0.15) is 0 Å². The fraction of sp³-hybridized carbons (Fsp3) is 0.909. The van der Waals surface area contributed by atoms with Gasteiger partial charge < -0.3 is 15.4 Å². The molecule has 2 N–H and O–H groups in total. The molecule has 0 unspecified atom stereocenters. The predicted molar refractivity (Wildman–Crippen MR) is 64.8 cm³/mol. The zero-order chi connectivity index (χ0) is 10.5. The third kappa shape index (κ3) is 3.92. The van der Waals surface area contributed by atoms with E-state index >= 15 is 0 Å². The van der Waals surface area contributed by atoms with E-state index in [1.165, 1.54) is 0 Å². The van der Waals surface area contributed by atoms with E-state index in [1.807, 2.05) is 0 Å². The lowest BCUT2D eigenvalue weighted by atomic mass is 9.98. The van der Waals surface area contributed by atoms with E-state index in [0.717, 1.165) is 52.0 Å². The molecule has 0 bridgehead atoms. The lowest BCUT2D eigenvalue weighted by Gasteiger charge is -2.27. The SMILES string of the molecule is Cl.O=C(NC1CCOCC1)[C@@H]1CCCNC1. The molecule has 0 aromatic carbocycles. The van der Waals surface area contributed by atoms with Crippen LogP contribution in [-0.2, 0) is 9.53 Å². The fourth-order valence-electron chi connectivity index (χ4n) is 2.24. The topological polar surface area (TPSA) is 50.4 Å². The molecule has 94 valence electrons. The quantitative estimate of drug-likeness (QED) is 0.757. The molecule has 0 radical (unpaired) electrons. The zero-order valence-electron chi connectivity index (χ0n) is 9.54. The molecule has 2 heterocycles. The summed E-state index contributed by atoms with van der Waals surface area (Å²) >= 11 is 0. The lowest BCUT2D eigenvalue weighted by molar-refractivity contribution is -0.126. The molecular formula is C11H21ClN2O2. The van der Waals surface area contributed by atoms with E-state index in [0.29, 0.717) is 6.04 Å². The van der Waals surface area contributed by atoms with Crippen LogP contribution in [-0.4, -0.2) is 38.3 Å². The minimum atomic E-state index is 0. The average molecular weight is 249 g/mol. The second kappa shape index (κ2) is 7.09. The second-order valence-electron chi connectivity index (χ2n) is 4.44. The summed E-state index contributed by atoms with van der Waals surface area (Å²) in [7, 11) is 0. The van der Waals surface area contributed by atoms with E-state index in [9.17, 15) is 4.79 Å². The number of piperidine rings is 1. The Morgan fingerprint density at radius 3 is 2.62 bits per heavy atom. The molecule has 2 fully saturated rings. The first-order valence-corrected chi connectivity index (χ1v) is 5.95. The number of hydrogen-bond donors (Lipinski definition) is 2. The van der Waals surface area contributed by atoms with Crippen molar-refractivity contribution in [3.8, 4) is 0 Å². The Hall–Kier alpha value is -0.320. The smallest absolute Gasteiger partial charge is 0.224 e. The molecule has 0 aromatic rings. The van der Waals surface area contributed by atoms with Crippen molar-refractivity contribution in [2.24, 2.45) is 5.92 Å². The number of nitrogens with one attached hydrogen (secondary N) is 2. The molecule has 1 atom stereocenters. The molecule has 0 spiro atoms. The summed E-state index contributed by atoms with van der Waals surface area (Å²) in [5.74, 6) is 0.413. The minimum Gasteiger partial charge on any atom is -0.381 e. The molecular weight excluding hydrogens is 228 g/mol. The Morgan fingerprint density at radius 2 is 2.00 bits per heavy atom.